The number of amides is 4. The highest BCUT2D eigenvalue weighted by Crippen LogP contribution is 2.18. The van der Waals surface area contributed by atoms with Gasteiger partial charge in [-0.15, -0.1) is 0 Å². The lowest BCUT2D eigenvalue weighted by atomic mass is 10.1. The maximum atomic E-state index is 12.7. The number of hydrogen-bond donors (Lipinski definition) is 2. The number of likely N-dealkylation sites (tertiary alicyclic amines) is 1. The van der Waals surface area contributed by atoms with E-state index in [4.69, 9.17) is 0 Å². The summed E-state index contributed by atoms with van der Waals surface area (Å²) in [5.41, 5.74) is 1.59. The summed E-state index contributed by atoms with van der Waals surface area (Å²) in [4.78, 5) is 49.3. The van der Waals surface area contributed by atoms with Crippen LogP contribution in [0.15, 0.2) is 54.6 Å². The van der Waals surface area contributed by atoms with Crippen LogP contribution in [-0.4, -0.2) is 35.1 Å². The normalized spacial score (nSPS) is 14.7. The first-order valence-corrected chi connectivity index (χ1v) is 9.03. The molecule has 0 aromatic heterocycles. The Bertz CT molecular complexity index is 895. The number of rotatable bonds is 6. The predicted octanol–water partition coefficient (Wildman–Crippen LogP) is 2.27. The Morgan fingerprint density at radius 2 is 1.57 bits per heavy atom. The summed E-state index contributed by atoms with van der Waals surface area (Å²) in [7, 11) is 0. The van der Waals surface area contributed by atoms with Crippen LogP contribution in [0.5, 0.6) is 0 Å². The van der Waals surface area contributed by atoms with E-state index in [1.165, 1.54) is 0 Å². The molecule has 3 rings (SSSR count). The van der Waals surface area contributed by atoms with Crippen molar-refractivity contribution in [2.75, 3.05) is 11.9 Å². The fraction of sp³-hybridized carbons (Fsp3) is 0.238. The van der Waals surface area contributed by atoms with Crippen molar-refractivity contribution in [3.63, 3.8) is 0 Å². The molecule has 0 unspecified atom stereocenters. The van der Waals surface area contributed by atoms with E-state index in [0.29, 0.717) is 11.3 Å². The van der Waals surface area contributed by atoms with Crippen LogP contribution in [0.2, 0.25) is 0 Å². The van der Waals surface area contributed by atoms with E-state index in [0.717, 1.165) is 10.5 Å². The SMILES string of the molecule is C[C@@H](NC(=O)c1ccccc1NC(=O)CN1C(=O)CCC1=O)c1ccccc1. The Morgan fingerprint density at radius 3 is 2.25 bits per heavy atom. The summed E-state index contributed by atoms with van der Waals surface area (Å²) in [5, 5.41) is 5.53. The molecule has 28 heavy (non-hydrogen) atoms. The summed E-state index contributed by atoms with van der Waals surface area (Å²) in [6.45, 7) is 1.52. The Kier molecular flexibility index (Phi) is 5.84. The molecule has 2 aromatic rings. The molecule has 2 N–H and O–H groups in total. The van der Waals surface area contributed by atoms with Gasteiger partial charge in [-0.3, -0.25) is 24.1 Å². The number of nitrogens with one attached hydrogen (secondary N) is 2. The zero-order valence-corrected chi connectivity index (χ0v) is 15.5. The van der Waals surface area contributed by atoms with Crippen molar-refractivity contribution in [3.8, 4) is 0 Å². The first-order chi connectivity index (χ1) is 13.5. The number of anilines is 1. The maximum absolute atomic E-state index is 12.7. The number of carbonyl (C=O) groups is 4. The van der Waals surface area contributed by atoms with Gasteiger partial charge < -0.3 is 10.6 Å². The lowest BCUT2D eigenvalue weighted by molar-refractivity contribution is -0.141. The van der Waals surface area contributed by atoms with E-state index in [-0.39, 0.29) is 43.1 Å². The fourth-order valence-corrected chi connectivity index (χ4v) is 3.02. The highest BCUT2D eigenvalue weighted by molar-refractivity contribution is 6.08. The average molecular weight is 379 g/mol. The lowest BCUT2D eigenvalue weighted by Crippen LogP contribution is -2.37. The summed E-state index contributed by atoms with van der Waals surface area (Å²) in [6.07, 6.45) is 0.255. The fourth-order valence-electron chi connectivity index (χ4n) is 3.02. The number of para-hydroxylation sites is 1. The summed E-state index contributed by atoms with van der Waals surface area (Å²) in [6, 6.07) is 15.9. The standard InChI is InChI=1S/C21H21N3O4/c1-14(15-7-3-2-4-8-15)22-21(28)16-9-5-6-10-17(16)23-18(25)13-24-19(26)11-12-20(24)27/h2-10,14H,11-13H2,1H3,(H,22,28)(H,23,25)/t14-/m1/s1. The van der Waals surface area contributed by atoms with E-state index >= 15 is 0 Å². The van der Waals surface area contributed by atoms with Crippen molar-refractivity contribution >= 4 is 29.3 Å². The van der Waals surface area contributed by atoms with Crippen molar-refractivity contribution in [3.05, 3.63) is 65.7 Å². The summed E-state index contributed by atoms with van der Waals surface area (Å²) in [5.74, 6) is -1.58. The van der Waals surface area contributed by atoms with Gasteiger partial charge in [0, 0.05) is 12.8 Å². The van der Waals surface area contributed by atoms with Gasteiger partial charge in [0.05, 0.1) is 17.3 Å². The van der Waals surface area contributed by atoms with Crippen LogP contribution in [0.3, 0.4) is 0 Å². The van der Waals surface area contributed by atoms with Gasteiger partial charge in [0.15, 0.2) is 0 Å². The molecule has 7 nitrogen and oxygen atoms in total. The Hall–Kier alpha value is -3.48. The second-order valence-corrected chi connectivity index (χ2v) is 6.57. The molecule has 7 heteroatoms. The van der Waals surface area contributed by atoms with Crippen LogP contribution >= 0.6 is 0 Å². The maximum Gasteiger partial charge on any atom is 0.253 e. The average Bonchev–Trinajstić information content (AvgIpc) is 3.01. The van der Waals surface area contributed by atoms with Gasteiger partial charge in [-0.05, 0) is 24.6 Å². The summed E-state index contributed by atoms with van der Waals surface area (Å²) >= 11 is 0. The Balaban J connectivity index is 1.68. The number of carbonyl (C=O) groups excluding carboxylic acids is 4. The molecule has 4 amide bonds. The number of nitrogens with zero attached hydrogens (tertiary/aromatic N) is 1. The minimum Gasteiger partial charge on any atom is -0.345 e. The van der Waals surface area contributed by atoms with Crippen molar-refractivity contribution in [2.45, 2.75) is 25.8 Å². The molecule has 1 aliphatic heterocycles. The first kappa shape index (κ1) is 19.3. The Morgan fingerprint density at radius 1 is 0.964 bits per heavy atom. The third-order valence-electron chi connectivity index (χ3n) is 4.55. The van der Waals surface area contributed by atoms with Crippen molar-refractivity contribution in [1.82, 2.24) is 10.2 Å². The molecule has 0 bridgehead atoms. The molecule has 2 aromatic carbocycles. The minimum absolute atomic E-state index is 0.127. The molecule has 1 aliphatic rings. The van der Waals surface area contributed by atoms with Crippen LogP contribution < -0.4 is 10.6 Å². The molecule has 1 heterocycles. The van der Waals surface area contributed by atoms with Crippen LogP contribution in [0.25, 0.3) is 0 Å². The van der Waals surface area contributed by atoms with E-state index < -0.39 is 5.91 Å². The van der Waals surface area contributed by atoms with E-state index in [9.17, 15) is 19.2 Å². The van der Waals surface area contributed by atoms with E-state index in [1.807, 2.05) is 37.3 Å². The largest absolute Gasteiger partial charge is 0.345 e. The second-order valence-electron chi connectivity index (χ2n) is 6.57. The smallest absolute Gasteiger partial charge is 0.253 e. The monoisotopic (exact) mass is 379 g/mol. The zero-order valence-electron chi connectivity index (χ0n) is 15.5. The third-order valence-corrected chi connectivity index (χ3v) is 4.55. The van der Waals surface area contributed by atoms with Gasteiger partial charge in [0.1, 0.15) is 6.54 Å². The van der Waals surface area contributed by atoms with Gasteiger partial charge in [0.2, 0.25) is 17.7 Å². The van der Waals surface area contributed by atoms with Gasteiger partial charge in [0.25, 0.3) is 5.91 Å². The van der Waals surface area contributed by atoms with Gasteiger partial charge in [-0.2, -0.15) is 0 Å². The highest BCUT2D eigenvalue weighted by atomic mass is 16.2. The molecule has 0 aliphatic carbocycles. The molecule has 1 fully saturated rings. The highest BCUT2D eigenvalue weighted by Gasteiger charge is 2.30. The molecular formula is C21H21N3O4. The van der Waals surface area contributed by atoms with Crippen molar-refractivity contribution in [1.29, 1.82) is 0 Å². The quantitative estimate of drug-likeness (QED) is 0.753. The zero-order chi connectivity index (χ0) is 20.1. The van der Waals surface area contributed by atoms with Gasteiger partial charge in [-0.1, -0.05) is 42.5 Å². The summed E-state index contributed by atoms with van der Waals surface area (Å²) < 4.78 is 0. The number of benzene rings is 2. The lowest BCUT2D eigenvalue weighted by Gasteiger charge is -2.17. The van der Waals surface area contributed by atoms with Gasteiger partial charge >= 0.3 is 0 Å². The third kappa shape index (κ3) is 4.43. The Labute approximate surface area is 162 Å². The van der Waals surface area contributed by atoms with E-state index in [1.54, 1.807) is 24.3 Å². The first-order valence-electron chi connectivity index (χ1n) is 9.03. The van der Waals surface area contributed by atoms with Crippen LogP contribution in [0.1, 0.15) is 41.7 Å². The second kappa shape index (κ2) is 8.47. The van der Waals surface area contributed by atoms with Crippen molar-refractivity contribution in [2.24, 2.45) is 0 Å². The molecule has 144 valence electrons. The molecule has 1 atom stereocenters. The molecule has 0 spiro atoms. The van der Waals surface area contributed by atoms with E-state index in [2.05, 4.69) is 10.6 Å². The van der Waals surface area contributed by atoms with Crippen molar-refractivity contribution < 1.29 is 19.2 Å². The van der Waals surface area contributed by atoms with Crippen LogP contribution in [0, 0.1) is 0 Å². The molecule has 0 radical (unpaired) electrons. The van der Waals surface area contributed by atoms with Crippen LogP contribution in [0.4, 0.5) is 5.69 Å². The van der Waals surface area contributed by atoms with Gasteiger partial charge in [-0.25, -0.2) is 0 Å². The molecule has 1 saturated heterocycles. The molecule has 0 saturated carbocycles. The number of hydrogen-bond acceptors (Lipinski definition) is 4. The predicted molar refractivity (Wildman–Crippen MR) is 103 cm³/mol. The minimum atomic E-state index is -0.528. The molecular weight excluding hydrogens is 358 g/mol. The number of imide groups is 1. The van der Waals surface area contributed by atoms with Crippen LogP contribution in [-0.2, 0) is 14.4 Å². The topological polar surface area (TPSA) is 95.6 Å².